The number of ether oxygens (including phenoxy) is 3. The van der Waals surface area contributed by atoms with Crippen LogP contribution < -0.4 is 9.47 Å². The van der Waals surface area contributed by atoms with Gasteiger partial charge < -0.3 is 24.0 Å². The number of benzene rings is 1. The van der Waals surface area contributed by atoms with Gasteiger partial charge in [0.1, 0.15) is 0 Å². The van der Waals surface area contributed by atoms with Gasteiger partial charge in [0, 0.05) is 38.2 Å². The Bertz CT molecular complexity index is 596. The standard InChI is InChI=1S/C16H20N2O5/c1-21-16(20)18-7-5-17(6-8-18)15(19)12-3-4-13-14(11-12)23-10-2-9-22-13/h3-4,11H,2,5-10H2,1H3. The van der Waals surface area contributed by atoms with E-state index in [1.807, 2.05) is 0 Å². The first-order valence-corrected chi connectivity index (χ1v) is 7.71. The van der Waals surface area contributed by atoms with Crippen LogP contribution in [0.2, 0.25) is 0 Å². The lowest BCUT2D eigenvalue weighted by atomic mass is 10.1. The number of carbonyl (C=O) groups excluding carboxylic acids is 2. The lowest BCUT2D eigenvalue weighted by Gasteiger charge is -2.33. The molecule has 0 atom stereocenters. The highest BCUT2D eigenvalue weighted by Crippen LogP contribution is 2.30. The molecule has 0 bridgehead atoms. The molecule has 1 fully saturated rings. The molecule has 1 aromatic rings. The average molecular weight is 320 g/mol. The van der Waals surface area contributed by atoms with Gasteiger partial charge in [-0.25, -0.2) is 4.79 Å². The van der Waals surface area contributed by atoms with Gasteiger partial charge >= 0.3 is 6.09 Å². The van der Waals surface area contributed by atoms with E-state index in [9.17, 15) is 9.59 Å². The molecule has 0 radical (unpaired) electrons. The summed E-state index contributed by atoms with van der Waals surface area (Å²) in [5, 5.41) is 0. The summed E-state index contributed by atoms with van der Waals surface area (Å²) in [4.78, 5) is 27.4. The SMILES string of the molecule is COC(=O)N1CCN(C(=O)c2ccc3c(c2)OCCCO3)CC1. The van der Waals surface area contributed by atoms with Crippen LogP contribution in [0.15, 0.2) is 18.2 Å². The van der Waals surface area contributed by atoms with Gasteiger partial charge in [-0.15, -0.1) is 0 Å². The van der Waals surface area contributed by atoms with E-state index in [4.69, 9.17) is 14.2 Å². The van der Waals surface area contributed by atoms with Crippen LogP contribution >= 0.6 is 0 Å². The van der Waals surface area contributed by atoms with Gasteiger partial charge in [0.05, 0.1) is 20.3 Å². The summed E-state index contributed by atoms with van der Waals surface area (Å²) in [6.07, 6.45) is 0.473. The molecule has 0 N–H and O–H groups in total. The molecule has 1 saturated heterocycles. The Kier molecular flexibility index (Phi) is 4.55. The monoisotopic (exact) mass is 320 g/mol. The zero-order valence-electron chi connectivity index (χ0n) is 13.1. The molecule has 1 aromatic carbocycles. The van der Waals surface area contributed by atoms with Gasteiger partial charge in [-0.1, -0.05) is 0 Å². The molecule has 0 spiro atoms. The molecule has 2 aliphatic heterocycles. The number of fused-ring (bicyclic) bond motifs is 1. The molecule has 0 aromatic heterocycles. The molecular weight excluding hydrogens is 300 g/mol. The quantitative estimate of drug-likeness (QED) is 0.782. The molecular formula is C16H20N2O5. The zero-order valence-corrected chi connectivity index (χ0v) is 13.1. The highest BCUT2D eigenvalue weighted by Gasteiger charge is 2.26. The number of amides is 2. The Balaban J connectivity index is 1.67. The second kappa shape index (κ2) is 6.76. The van der Waals surface area contributed by atoms with Crippen LogP contribution in [0, 0.1) is 0 Å². The van der Waals surface area contributed by atoms with E-state index in [1.165, 1.54) is 7.11 Å². The van der Waals surface area contributed by atoms with E-state index in [0.29, 0.717) is 56.5 Å². The summed E-state index contributed by atoms with van der Waals surface area (Å²) in [5.41, 5.74) is 0.570. The van der Waals surface area contributed by atoms with Gasteiger partial charge in [0.25, 0.3) is 5.91 Å². The highest BCUT2D eigenvalue weighted by atomic mass is 16.5. The Hall–Kier alpha value is -2.44. The van der Waals surface area contributed by atoms with Crippen LogP contribution in [0.3, 0.4) is 0 Å². The molecule has 0 saturated carbocycles. The Morgan fingerprint density at radius 2 is 1.65 bits per heavy atom. The maximum absolute atomic E-state index is 12.6. The molecule has 23 heavy (non-hydrogen) atoms. The van der Waals surface area contributed by atoms with Crippen molar-refractivity contribution in [2.45, 2.75) is 6.42 Å². The van der Waals surface area contributed by atoms with Gasteiger partial charge in [0.15, 0.2) is 11.5 Å². The minimum Gasteiger partial charge on any atom is -0.490 e. The zero-order chi connectivity index (χ0) is 16.2. The van der Waals surface area contributed by atoms with Crippen LogP contribution in [-0.4, -0.2) is 68.3 Å². The van der Waals surface area contributed by atoms with Crippen molar-refractivity contribution in [3.05, 3.63) is 23.8 Å². The van der Waals surface area contributed by atoms with Crippen molar-refractivity contribution in [2.75, 3.05) is 46.5 Å². The number of rotatable bonds is 1. The van der Waals surface area contributed by atoms with Crippen LogP contribution in [0.5, 0.6) is 11.5 Å². The predicted octanol–water partition coefficient (Wildman–Crippen LogP) is 1.37. The fourth-order valence-corrected chi connectivity index (χ4v) is 2.70. The van der Waals surface area contributed by atoms with Crippen molar-refractivity contribution in [3.8, 4) is 11.5 Å². The van der Waals surface area contributed by atoms with Crippen molar-refractivity contribution in [2.24, 2.45) is 0 Å². The molecule has 7 nitrogen and oxygen atoms in total. The lowest BCUT2D eigenvalue weighted by Crippen LogP contribution is -2.50. The van der Waals surface area contributed by atoms with E-state index >= 15 is 0 Å². The summed E-state index contributed by atoms with van der Waals surface area (Å²) in [5.74, 6) is 1.22. The Morgan fingerprint density at radius 3 is 2.35 bits per heavy atom. The molecule has 2 heterocycles. The van der Waals surface area contributed by atoms with Gasteiger partial charge in [-0.05, 0) is 18.2 Å². The largest absolute Gasteiger partial charge is 0.490 e. The topological polar surface area (TPSA) is 68.3 Å². The van der Waals surface area contributed by atoms with Crippen molar-refractivity contribution < 1.29 is 23.8 Å². The van der Waals surface area contributed by atoms with E-state index in [2.05, 4.69) is 0 Å². The first kappa shape index (κ1) is 15.5. The number of hydrogen-bond donors (Lipinski definition) is 0. The first-order valence-electron chi connectivity index (χ1n) is 7.71. The van der Waals surface area contributed by atoms with Crippen LogP contribution in [-0.2, 0) is 4.74 Å². The minimum absolute atomic E-state index is 0.0647. The predicted molar refractivity (Wildman–Crippen MR) is 81.9 cm³/mol. The second-order valence-corrected chi connectivity index (χ2v) is 5.46. The first-order chi connectivity index (χ1) is 11.2. The van der Waals surface area contributed by atoms with Crippen molar-refractivity contribution >= 4 is 12.0 Å². The van der Waals surface area contributed by atoms with Crippen LogP contribution in [0.4, 0.5) is 4.79 Å². The third kappa shape index (κ3) is 3.33. The summed E-state index contributed by atoms with van der Waals surface area (Å²) in [6.45, 7) is 3.13. The normalized spacial score (nSPS) is 17.4. The van der Waals surface area contributed by atoms with Crippen molar-refractivity contribution in [3.63, 3.8) is 0 Å². The summed E-state index contributed by atoms with van der Waals surface area (Å²) < 4.78 is 15.9. The van der Waals surface area contributed by atoms with Crippen molar-refractivity contribution in [1.82, 2.24) is 9.80 Å². The summed E-state index contributed by atoms with van der Waals surface area (Å²) >= 11 is 0. The third-order valence-corrected chi connectivity index (χ3v) is 3.99. The number of hydrogen-bond acceptors (Lipinski definition) is 5. The average Bonchev–Trinajstić information content (AvgIpc) is 2.85. The molecule has 0 aliphatic carbocycles. The minimum atomic E-state index is -0.354. The van der Waals surface area contributed by atoms with E-state index in [-0.39, 0.29) is 12.0 Å². The molecule has 3 rings (SSSR count). The van der Waals surface area contributed by atoms with Crippen LogP contribution in [0.1, 0.15) is 16.8 Å². The second-order valence-electron chi connectivity index (χ2n) is 5.46. The number of methoxy groups -OCH3 is 1. The molecule has 7 heteroatoms. The number of carbonyl (C=O) groups is 2. The third-order valence-electron chi connectivity index (χ3n) is 3.99. The van der Waals surface area contributed by atoms with E-state index in [0.717, 1.165) is 6.42 Å². The number of piperazine rings is 1. The fraction of sp³-hybridized carbons (Fsp3) is 0.500. The lowest BCUT2D eigenvalue weighted by molar-refractivity contribution is 0.0599. The van der Waals surface area contributed by atoms with Gasteiger partial charge in [-0.3, -0.25) is 4.79 Å². The Labute approximate surface area is 134 Å². The van der Waals surface area contributed by atoms with E-state index < -0.39 is 0 Å². The summed E-state index contributed by atoms with van der Waals surface area (Å²) in [6, 6.07) is 5.26. The molecule has 124 valence electrons. The molecule has 2 aliphatic rings. The van der Waals surface area contributed by atoms with Crippen LogP contribution in [0.25, 0.3) is 0 Å². The van der Waals surface area contributed by atoms with E-state index in [1.54, 1.807) is 28.0 Å². The van der Waals surface area contributed by atoms with Gasteiger partial charge in [0.2, 0.25) is 0 Å². The maximum atomic E-state index is 12.6. The highest BCUT2D eigenvalue weighted by molar-refractivity contribution is 5.95. The fourth-order valence-electron chi connectivity index (χ4n) is 2.70. The summed E-state index contributed by atoms with van der Waals surface area (Å²) in [7, 11) is 1.36. The van der Waals surface area contributed by atoms with Crippen molar-refractivity contribution in [1.29, 1.82) is 0 Å². The smallest absolute Gasteiger partial charge is 0.409 e. The molecule has 2 amide bonds. The number of nitrogens with zero attached hydrogens (tertiary/aromatic N) is 2. The molecule has 0 unspecified atom stereocenters. The van der Waals surface area contributed by atoms with Gasteiger partial charge in [-0.2, -0.15) is 0 Å². The Morgan fingerprint density at radius 1 is 1.00 bits per heavy atom. The maximum Gasteiger partial charge on any atom is 0.409 e.